The number of aliphatic hydroxyl groups is 1. The highest BCUT2D eigenvalue weighted by Crippen LogP contribution is 2.23. The van der Waals surface area contributed by atoms with Crippen LogP contribution in [0.1, 0.15) is 37.8 Å². The first-order valence-corrected chi connectivity index (χ1v) is 10.5. The molecule has 4 rings (SSSR count). The maximum absolute atomic E-state index is 8.94. The summed E-state index contributed by atoms with van der Waals surface area (Å²) in [6.45, 7) is 8.11. The number of hydrogen-bond donors (Lipinski definition) is 2. The van der Waals surface area contributed by atoms with Crippen LogP contribution in [0.2, 0.25) is 0 Å². The van der Waals surface area contributed by atoms with Crippen LogP contribution >= 0.6 is 12.4 Å². The smallest absolute Gasteiger partial charge is 0.0744 e. The van der Waals surface area contributed by atoms with Crippen molar-refractivity contribution >= 4 is 12.4 Å². The fourth-order valence-electron chi connectivity index (χ4n) is 3.86. The van der Waals surface area contributed by atoms with E-state index in [1.54, 1.807) is 0 Å². The molecule has 0 aliphatic carbocycles. The first-order chi connectivity index (χ1) is 13.6. The number of halogens is 1. The Balaban J connectivity index is 0.000000319. The van der Waals surface area contributed by atoms with Gasteiger partial charge in [0.05, 0.1) is 18.8 Å². The van der Waals surface area contributed by atoms with Gasteiger partial charge in [-0.15, -0.1) is 12.4 Å². The molecule has 0 spiro atoms. The molecule has 4 atom stereocenters. The van der Waals surface area contributed by atoms with Crippen molar-refractivity contribution < 1.29 is 9.84 Å². The zero-order valence-electron chi connectivity index (χ0n) is 17.5. The van der Waals surface area contributed by atoms with Gasteiger partial charge in [0.2, 0.25) is 0 Å². The van der Waals surface area contributed by atoms with Gasteiger partial charge in [-0.3, -0.25) is 4.90 Å². The van der Waals surface area contributed by atoms with Gasteiger partial charge in [-0.25, -0.2) is 0 Å². The number of ether oxygens (including phenoxy) is 1. The molecule has 29 heavy (non-hydrogen) atoms. The second kappa shape index (κ2) is 12.3. The summed E-state index contributed by atoms with van der Waals surface area (Å²) in [5.41, 5.74) is 2.64. The lowest BCUT2D eigenvalue weighted by atomic mass is 10.1. The lowest BCUT2D eigenvalue weighted by Crippen LogP contribution is -2.33. The minimum atomic E-state index is -0.0972. The minimum absolute atomic E-state index is 0. The van der Waals surface area contributed by atoms with Crippen molar-refractivity contribution in [2.24, 2.45) is 0 Å². The van der Waals surface area contributed by atoms with Crippen LogP contribution in [0, 0.1) is 0 Å². The second-order valence-electron chi connectivity index (χ2n) is 7.92. The number of likely N-dealkylation sites (tertiary alicyclic amines) is 1. The Bertz CT molecular complexity index is 678. The molecule has 2 N–H and O–H groups in total. The van der Waals surface area contributed by atoms with Gasteiger partial charge in [-0.2, -0.15) is 0 Å². The summed E-state index contributed by atoms with van der Waals surface area (Å²) in [6, 6.07) is 21.9. The van der Waals surface area contributed by atoms with Gasteiger partial charge >= 0.3 is 0 Å². The summed E-state index contributed by atoms with van der Waals surface area (Å²) >= 11 is 0. The molecule has 2 aromatic rings. The molecule has 0 aromatic heterocycles. The highest BCUT2D eigenvalue weighted by molar-refractivity contribution is 5.85. The van der Waals surface area contributed by atoms with Crippen LogP contribution in [0.5, 0.6) is 0 Å². The maximum atomic E-state index is 8.94. The zero-order valence-corrected chi connectivity index (χ0v) is 18.4. The van der Waals surface area contributed by atoms with E-state index >= 15 is 0 Å². The van der Waals surface area contributed by atoms with Crippen molar-refractivity contribution in [2.75, 3.05) is 13.1 Å². The van der Waals surface area contributed by atoms with E-state index in [2.05, 4.69) is 71.7 Å². The molecule has 2 heterocycles. The minimum Gasteiger partial charge on any atom is -0.391 e. The number of benzene rings is 2. The molecule has 0 unspecified atom stereocenters. The Labute approximate surface area is 181 Å². The van der Waals surface area contributed by atoms with E-state index in [9.17, 15) is 0 Å². The van der Waals surface area contributed by atoms with Crippen molar-refractivity contribution in [1.29, 1.82) is 0 Å². The fourth-order valence-corrected chi connectivity index (χ4v) is 3.86. The van der Waals surface area contributed by atoms with Gasteiger partial charge < -0.3 is 15.2 Å². The number of aliphatic hydroxyl groups excluding tert-OH is 1. The maximum Gasteiger partial charge on any atom is 0.0744 e. The van der Waals surface area contributed by atoms with E-state index in [0.29, 0.717) is 18.2 Å². The predicted molar refractivity (Wildman–Crippen MR) is 121 cm³/mol. The molecular formula is C24H35ClN2O2. The van der Waals surface area contributed by atoms with Crippen LogP contribution < -0.4 is 5.32 Å². The summed E-state index contributed by atoms with van der Waals surface area (Å²) in [5.74, 6) is 0. The van der Waals surface area contributed by atoms with Crippen molar-refractivity contribution in [3.05, 3.63) is 71.8 Å². The number of nitrogens with one attached hydrogen (secondary N) is 1. The van der Waals surface area contributed by atoms with Crippen LogP contribution in [0.4, 0.5) is 0 Å². The highest BCUT2D eigenvalue weighted by Gasteiger charge is 2.31. The van der Waals surface area contributed by atoms with E-state index in [1.165, 1.54) is 11.1 Å². The van der Waals surface area contributed by atoms with E-state index in [-0.39, 0.29) is 18.5 Å². The van der Waals surface area contributed by atoms with Crippen LogP contribution in [0.25, 0.3) is 0 Å². The first-order valence-electron chi connectivity index (χ1n) is 10.5. The molecule has 0 amide bonds. The van der Waals surface area contributed by atoms with E-state index in [1.807, 2.05) is 13.0 Å². The van der Waals surface area contributed by atoms with Crippen molar-refractivity contribution in [3.8, 4) is 0 Å². The van der Waals surface area contributed by atoms with Gasteiger partial charge in [0.25, 0.3) is 0 Å². The Kier molecular flexibility index (Phi) is 10.1. The Morgan fingerprint density at radius 2 is 1.59 bits per heavy atom. The second-order valence-corrected chi connectivity index (χ2v) is 7.92. The molecule has 4 nitrogen and oxygen atoms in total. The quantitative estimate of drug-likeness (QED) is 0.769. The monoisotopic (exact) mass is 418 g/mol. The fraction of sp³-hybridized carbons (Fsp3) is 0.500. The molecule has 160 valence electrons. The Morgan fingerprint density at radius 3 is 2.10 bits per heavy atom. The third-order valence-corrected chi connectivity index (χ3v) is 5.83. The van der Waals surface area contributed by atoms with E-state index < -0.39 is 0 Å². The van der Waals surface area contributed by atoms with Crippen molar-refractivity contribution in [2.45, 2.75) is 64.1 Å². The van der Waals surface area contributed by atoms with Crippen molar-refractivity contribution in [3.63, 3.8) is 0 Å². The topological polar surface area (TPSA) is 44.7 Å². The van der Waals surface area contributed by atoms with Crippen LogP contribution in [-0.4, -0.2) is 47.4 Å². The van der Waals surface area contributed by atoms with Crippen LogP contribution in [0.3, 0.4) is 0 Å². The Morgan fingerprint density at radius 1 is 0.966 bits per heavy atom. The van der Waals surface area contributed by atoms with Gasteiger partial charge in [-0.1, -0.05) is 60.7 Å². The molecule has 2 aromatic carbocycles. The van der Waals surface area contributed by atoms with Crippen LogP contribution in [0.15, 0.2) is 60.7 Å². The molecule has 2 aliphatic heterocycles. The van der Waals surface area contributed by atoms with Gasteiger partial charge in [0, 0.05) is 25.2 Å². The van der Waals surface area contributed by atoms with Crippen molar-refractivity contribution in [1.82, 2.24) is 10.2 Å². The lowest BCUT2D eigenvalue weighted by Gasteiger charge is -2.24. The van der Waals surface area contributed by atoms with E-state index in [0.717, 1.165) is 39.1 Å². The SMILES string of the molecule is C[C@@H]1NCC[C@H]1O.C[C@H]1[C@H](OCc2ccccc2)CCN1Cc1ccccc1.Cl. The molecular weight excluding hydrogens is 384 g/mol. The molecule has 5 heteroatoms. The highest BCUT2D eigenvalue weighted by atomic mass is 35.5. The predicted octanol–water partition coefficient (Wildman–Crippen LogP) is 4.02. The number of nitrogens with zero attached hydrogens (tertiary/aromatic N) is 1. The summed E-state index contributed by atoms with van der Waals surface area (Å²) < 4.78 is 6.13. The van der Waals surface area contributed by atoms with Gasteiger partial charge in [0.1, 0.15) is 0 Å². The molecule has 0 bridgehead atoms. The standard InChI is InChI=1S/C19H23NO.C5H11NO.ClH/c1-16-19(21-15-18-10-6-3-7-11-18)12-13-20(16)14-17-8-4-2-5-9-17;1-4-5(7)2-3-6-4;/h2-11,16,19H,12-15H2,1H3;4-7H,2-3H2,1H3;1H/t16-,19+;4-,5+;/m00./s1. The molecule has 0 saturated carbocycles. The average Bonchev–Trinajstić information content (AvgIpc) is 3.27. The summed E-state index contributed by atoms with van der Waals surface area (Å²) in [5, 5.41) is 12.1. The normalized spacial score (nSPS) is 26.4. The third kappa shape index (κ3) is 7.40. The van der Waals surface area contributed by atoms with Gasteiger partial charge in [0.15, 0.2) is 0 Å². The summed E-state index contributed by atoms with van der Waals surface area (Å²) in [6.07, 6.45) is 2.29. The van der Waals surface area contributed by atoms with E-state index in [4.69, 9.17) is 9.84 Å². The molecule has 0 radical (unpaired) electrons. The zero-order chi connectivity index (χ0) is 19.8. The largest absolute Gasteiger partial charge is 0.391 e. The Hall–Kier alpha value is -1.43. The third-order valence-electron chi connectivity index (χ3n) is 5.83. The van der Waals surface area contributed by atoms with Crippen LogP contribution in [-0.2, 0) is 17.9 Å². The molecule has 2 aliphatic rings. The summed E-state index contributed by atoms with van der Waals surface area (Å²) in [7, 11) is 0. The number of hydrogen-bond acceptors (Lipinski definition) is 4. The number of rotatable bonds is 5. The lowest BCUT2D eigenvalue weighted by molar-refractivity contribution is 0.0199. The summed E-state index contributed by atoms with van der Waals surface area (Å²) in [4.78, 5) is 2.52. The average molecular weight is 419 g/mol. The molecule has 2 fully saturated rings. The molecule has 2 saturated heterocycles. The first kappa shape index (κ1) is 23.8. The van der Waals surface area contributed by atoms with Gasteiger partial charge in [-0.05, 0) is 44.4 Å².